The van der Waals surface area contributed by atoms with Gasteiger partial charge in [0.15, 0.2) is 0 Å². The number of hydrogen-bond acceptors (Lipinski definition) is 4. The van der Waals surface area contributed by atoms with E-state index in [1.807, 2.05) is 48.5 Å². The van der Waals surface area contributed by atoms with E-state index in [2.05, 4.69) is 0 Å². The minimum Gasteiger partial charge on any atom is -0.550 e. The molecule has 120 valence electrons. The van der Waals surface area contributed by atoms with Gasteiger partial charge in [0.1, 0.15) is 0 Å². The van der Waals surface area contributed by atoms with Crippen LogP contribution in [0.15, 0.2) is 66.7 Å². The average Bonchev–Trinajstić information content (AvgIpc) is 3.07. The molecule has 1 heterocycles. The topological polar surface area (TPSA) is 57.2 Å². The van der Waals surface area contributed by atoms with E-state index in [-0.39, 0.29) is 5.78 Å². The standard InChI is InChI=1S/C20H16O3S/c1-13(20(22)23)16-12-17(18(21)14-8-4-2-5-9-14)24-19(16)15-10-6-3-7-11-15/h2-13H,1H3,(H,22,23)/p-1/t13-/m0/s1. The van der Waals surface area contributed by atoms with Crippen LogP contribution in [0, 0.1) is 0 Å². The highest BCUT2D eigenvalue weighted by Gasteiger charge is 2.21. The van der Waals surface area contributed by atoms with Crippen molar-refractivity contribution in [3.05, 3.63) is 82.7 Å². The van der Waals surface area contributed by atoms with E-state index in [9.17, 15) is 14.7 Å². The molecule has 0 N–H and O–H groups in total. The number of carboxylic acids is 1. The van der Waals surface area contributed by atoms with Crippen molar-refractivity contribution in [2.45, 2.75) is 12.8 Å². The summed E-state index contributed by atoms with van der Waals surface area (Å²) in [6.45, 7) is 1.58. The SMILES string of the molecule is C[C@H](C(=O)[O-])c1cc(C(=O)c2ccccc2)sc1-c1ccccc1. The van der Waals surface area contributed by atoms with E-state index in [1.165, 1.54) is 11.3 Å². The van der Waals surface area contributed by atoms with Crippen LogP contribution in [0.4, 0.5) is 0 Å². The van der Waals surface area contributed by atoms with Gasteiger partial charge in [-0.15, -0.1) is 11.3 Å². The highest BCUT2D eigenvalue weighted by atomic mass is 32.1. The molecule has 0 aliphatic carbocycles. The van der Waals surface area contributed by atoms with E-state index >= 15 is 0 Å². The Morgan fingerprint density at radius 3 is 2.12 bits per heavy atom. The number of ketones is 1. The Kier molecular flexibility index (Phi) is 4.58. The van der Waals surface area contributed by atoms with Crippen molar-refractivity contribution in [2.75, 3.05) is 0 Å². The van der Waals surface area contributed by atoms with Crippen LogP contribution in [0.2, 0.25) is 0 Å². The largest absolute Gasteiger partial charge is 0.550 e. The second-order valence-electron chi connectivity index (χ2n) is 5.50. The Labute approximate surface area is 144 Å². The van der Waals surface area contributed by atoms with Crippen molar-refractivity contribution < 1.29 is 14.7 Å². The van der Waals surface area contributed by atoms with E-state index < -0.39 is 11.9 Å². The van der Waals surface area contributed by atoms with Gasteiger partial charge in [0.25, 0.3) is 0 Å². The molecule has 3 nitrogen and oxygen atoms in total. The summed E-state index contributed by atoms with van der Waals surface area (Å²) in [6, 6.07) is 20.2. The van der Waals surface area contributed by atoms with Crippen LogP contribution in [0.1, 0.15) is 33.6 Å². The molecule has 0 spiro atoms. The monoisotopic (exact) mass is 335 g/mol. The van der Waals surface area contributed by atoms with Gasteiger partial charge in [0.2, 0.25) is 5.78 Å². The first-order valence-corrected chi connectivity index (χ1v) is 8.39. The van der Waals surface area contributed by atoms with Crippen molar-refractivity contribution in [1.82, 2.24) is 0 Å². The predicted molar refractivity (Wildman–Crippen MR) is 93.1 cm³/mol. The van der Waals surface area contributed by atoms with Gasteiger partial charge in [-0.25, -0.2) is 0 Å². The maximum atomic E-state index is 12.7. The zero-order valence-corrected chi connectivity index (χ0v) is 13.9. The van der Waals surface area contributed by atoms with Gasteiger partial charge in [0.05, 0.1) is 4.88 Å². The van der Waals surface area contributed by atoms with E-state index in [0.29, 0.717) is 16.0 Å². The Morgan fingerprint density at radius 1 is 0.958 bits per heavy atom. The van der Waals surface area contributed by atoms with Crippen LogP contribution < -0.4 is 5.11 Å². The Morgan fingerprint density at radius 2 is 1.54 bits per heavy atom. The molecule has 4 heteroatoms. The third kappa shape index (κ3) is 3.14. The fourth-order valence-corrected chi connectivity index (χ4v) is 3.74. The second-order valence-corrected chi connectivity index (χ2v) is 6.55. The molecule has 0 saturated heterocycles. The van der Waals surface area contributed by atoms with Gasteiger partial charge in [0, 0.05) is 22.3 Å². The normalized spacial score (nSPS) is 11.9. The van der Waals surface area contributed by atoms with Crippen molar-refractivity contribution >= 4 is 23.1 Å². The molecular weight excluding hydrogens is 320 g/mol. The number of carboxylic acid groups (broad SMARTS) is 1. The number of hydrogen-bond donors (Lipinski definition) is 0. The lowest BCUT2D eigenvalue weighted by atomic mass is 9.98. The quantitative estimate of drug-likeness (QED) is 0.671. The summed E-state index contributed by atoms with van der Waals surface area (Å²) in [5.74, 6) is -2.04. The molecule has 0 unspecified atom stereocenters. The smallest absolute Gasteiger partial charge is 0.202 e. The third-order valence-electron chi connectivity index (χ3n) is 3.88. The lowest BCUT2D eigenvalue weighted by molar-refractivity contribution is -0.307. The summed E-state index contributed by atoms with van der Waals surface area (Å²) < 4.78 is 0. The molecule has 2 aromatic carbocycles. The van der Waals surface area contributed by atoms with Crippen LogP contribution in [0.25, 0.3) is 10.4 Å². The van der Waals surface area contributed by atoms with Gasteiger partial charge in [-0.05, 0) is 17.2 Å². The predicted octanol–water partition coefficient (Wildman–Crippen LogP) is 3.50. The molecule has 24 heavy (non-hydrogen) atoms. The van der Waals surface area contributed by atoms with E-state index in [1.54, 1.807) is 25.1 Å². The minimum absolute atomic E-state index is 0.102. The van der Waals surface area contributed by atoms with Crippen molar-refractivity contribution in [2.24, 2.45) is 0 Å². The Bertz CT molecular complexity index is 866. The number of thiophene rings is 1. The first-order valence-electron chi connectivity index (χ1n) is 7.57. The minimum atomic E-state index is -1.15. The van der Waals surface area contributed by atoms with Gasteiger partial charge < -0.3 is 9.90 Å². The summed E-state index contributed by atoms with van der Waals surface area (Å²) in [4.78, 5) is 25.4. The molecule has 0 amide bonds. The summed E-state index contributed by atoms with van der Waals surface area (Å²) in [7, 11) is 0. The fourth-order valence-electron chi connectivity index (χ4n) is 2.51. The number of carbonyl (C=O) groups excluding carboxylic acids is 2. The molecule has 0 aliphatic heterocycles. The second kappa shape index (κ2) is 6.81. The zero-order chi connectivity index (χ0) is 17.1. The van der Waals surface area contributed by atoms with E-state index in [0.717, 1.165) is 10.4 Å². The van der Waals surface area contributed by atoms with Crippen LogP contribution >= 0.6 is 11.3 Å². The fraction of sp³-hybridized carbons (Fsp3) is 0.100. The van der Waals surface area contributed by atoms with Crippen LogP contribution in [0.5, 0.6) is 0 Å². The molecule has 0 fully saturated rings. The lowest BCUT2D eigenvalue weighted by Gasteiger charge is -2.13. The van der Waals surface area contributed by atoms with Crippen molar-refractivity contribution in [3.8, 4) is 10.4 Å². The molecule has 0 saturated carbocycles. The molecule has 0 aliphatic rings. The summed E-state index contributed by atoms with van der Waals surface area (Å²) >= 11 is 1.32. The Balaban J connectivity index is 2.10. The number of benzene rings is 2. The molecule has 3 aromatic rings. The molecular formula is C20H15O3S-. The van der Waals surface area contributed by atoms with Gasteiger partial charge >= 0.3 is 0 Å². The van der Waals surface area contributed by atoms with Gasteiger partial charge in [-0.2, -0.15) is 0 Å². The van der Waals surface area contributed by atoms with Crippen molar-refractivity contribution in [3.63, 3.8) is 0 Å². The lowest BCUT2D eigenvalue weighted by Crippen LogP contribution is -2.28. The van der Waals surface area contributed by atoms with Crippen molar-refractivity contribution in [1.29, 1.82) is 0 Å². The maximum Gasteiger partial charge on any atom is 0.202 e. The van der Waals surface area contributed by atoms with Gasteiger partial charge in [-0.3, -0.25) is 4.79 Å². The molecule has 0 radical (unpaired) electrons. The highest BCUT2D eigenvalue weighted by Crippen LogP contribution is 2.37. The molecule has 0 bridgehead atoms. The average molecular weight is 335 g/mol. The first kappa shape index (κ1) is 16.1. The number of aliphatic carboxylic acids is 1. The van der Waals surface area contributed by atoms with Crippen LogP contribution in [0.3, 0.4) is 0 Å². The molecule has 1 atom stereocenters. The Hall–Kier alpha value is -2.72. The number of carbonyl (C=O) groups is 2. The molecule has 1 aromatic heterocycles. The van der Waals surface area contributed by atoms with Crippen LogP contribution in [-0.4, -0.2) is 11.8 Å². The van der Waals surface area contributed by atoms with E-state index in [4.69, 9.17) is 0 Å². The third-order valence-corrected chi connectivity index (χ3v) is 5.08. The molecule has 3 rings (SSSR count). The summed E-state index contributed by atoms with van der Waals surface area (Å²) in [5.41, 5.74) is 2.11. The summed E-state index contributed by atoms with van der Waals surface area (Å²) in [6.07, 6.45) is 0. The van der Waals surface area contributed by atoms with Gasteiger partial charge in [-0.1, -0.05) is 67.6 Å². The highest BCUT2D eigenvalue weighted by molar-refractivity contribution is 7.17. The zero-order valence-electron chi connectivity index (χ0n) is 13.1. The number of rotatable bonds is 5. The maximum absolute atomic E-state index is 12.7. The van der Waals surface area contributed by atoms with Crippen LogP contribution in [-0.2, 0) is 4.79 Å². The summed E-state index contributed by atoms with van der Waals surface area (Å²) in [5, 5.41) is 11.3. The first-order chi connectivity index (χ1) is 11.6.